The van der Waals surface area contributed by atoms with Gasteiger partial charge in [-0.3, -0.25) is 0 Å². The van der Waals surface area contributed by atoms with Gasteiger partial charge in [0.1, 0.15) is 0 Å². The standard InChI is InChI=1S/C18H37N3/c1-15(2)16(8-10-19)6-5-12-21-13-9-18-17(14-21)7-4-11-20(18)3/h15-18H,4-14,19H2,1-3H3. The fraction of sp³-hybridized carbons (Fsp3) is 1.00. The highest BCUT2D eigenvalue weighted by molar-refractivity contribution is 4.89. The summed E-state index contributed by atoms with van der Waals surface area (Å²) in [6, 6.07) is 0.871. The Labute approximate surface area is 132 Å². The summed E-state index contributed by atoms with van der Waals surface area (Å²) in [5.74, 6) is 2.54. The van der Waals surface area contributed by atoms with E-state index in [2.05, 4.69) is 30.7 Å². The molecule has 0 radical (unpaired) electrons. The zero-order chi connectivity index (χ0) is 15.2. The summed E-state index contributed by atoms with van der Waals surface area (Å²) in [6.07, 6.45) is 8.16. The Kier molecular flexibility index (Phi) is 6.97. The van der Waals surface area contributed by atoms with Gasteiger partial charge in [-0.15, -0.1) is 0 Å². The van der Waals surface area contributed by atoms with E-state index in [9.17, 15) is 0 Å². The molecule has 0 bridgehead atoms. The summed E-state index contributed by atoms with van der Waals surface area (Å²) in [5.41, 5.74) is 5.75. The lowest BCUT2D eigenvalue weighted by atomic mass is 9.84. The van der Waals surface area contributed by atoms with Crippen LogP contribution in [0.4, 0.5) is 0 Å². The second-order valence-electron chi connectivity index (χ2n) is 7.76. The maximum absolute atomic E-state index is 5.75. The first-order valence-electron chi connectivity index (χ1n) is 9.24. The van der Waals surface area contributed by atoms with Crippen LogP contribution in [0.5, 0.6) is 0 Å². The van der Waals surface area contributed by atoms with Gasteiger partial charge in [0, 0.05) is 12.6 Å². The summed E-state index contributed by atoms with van der Waals surface area (Å²) >= 11 is 0. The van der Waals surface area contributed by atoms with Crippen molar-refractivity contribution in [2.75, 3.05) is 39.8 Å². The molecule has 0 aromatic carbocycles. The maximum atomic E-state index is 5.75. The molecule has 2 saturated heterocycles. The zero-order valence-corrected chi connectivity index (χ0v) is 14.6. The van der Waals surface area contributed by atoms with Crippen LogP contribution >= 0.6 is 0 Å². The van der Waals surface area contributed by atoms with E-state index in [1.54, 1.807) is 0 Å². The fourth-order valence-electron chi connectivity index (χ4n) is 4.53. The number of nitrogens with zero attached hydrogens (tertiary/aromatic N) is 2. The van der Waals surface area contributed by atoms with Gasteiger partial charge in [0.25, 0.3) is 0 Å². The van der Waals surface area contributed by atoms with Crippen LogP contribution in [0.3, 0.4) is 0 Å². The highest BCUT2D eigenvalue weighted by Gasteiger charge is 2.33. The monoisotopic (exact) mass is 295 g/mol. The van der Waals surface area contributed by atoms with Crippen molar-refractivity contribution in [3.63, 3.8) is 0 Å². The van der Waals surface area contributed by atoms with Crippen LogP contribution in [-0.4, -0.2) is 55.6 Å². The zero-order valence-electron chi connectivity index (χ0n) is 14.6. The molecule has 124 valence electrons. The van der Waals surface area contributed by atoms with E-state index in [1.807, 2.05) is 0 Å². The molecule has 0 aliphatic carbocycles. The first-order chi connectivity index (χ1) is 10.1. The molecule has 2 fully saturated rings. The number of rotatable bonds is 7. The quantitative estimate of drug-likeness (QED) is 0.784. The minimum atomic E-state index is 0.784. The summed E-state index contributed by atoms with van der Waals surface area (Å²) < 4.78 is 0. The Balaban J connectivity index is 1.70. The van der Waals surface area contributed by atoms with Crippen molar-refractivity contribution < 1.29 is 0 Å². The fourth-order valence-corrected chi connectivity index (χ4v) is 4.53. The molecule has 0 aromatic rings. The minimum Gasteiger partial charge on any atom is -0.330 e. The van der Waals surface area contributed by atoms with E-state index >= 15 is 0 Å². The highest BCUT2D eigenvalue weighted by atomic mass is 15.2. The van der Waals surface area contributed by atoms with E-state index in [0.29, 0.717) is 0 Å². The van der Waals surface area contributed by atoms with Crippen LogP contribution < -0.4 is 5.73 Å². The van der Waals surface area contributed by atoms with Crippen LogP contribution in [0, 0.1) is 17.8 Å². The maximum Gasteiger partial charge on any atom is 0.0145 e. The van der Waals surface area contributed by atoms with Gasteiger partial charge in [0.15, 0.2) is 0 Å². The first kappa shape index (κ1) is 17.2. The normalized spacial score (nSPS) is 29.6. The summed E-state index contributed by atoms with van der Waals surface area (Å²) in [4.78, 5) is 5.35. The Morgan fingerprint density at radius 3 is 2.67 bits per heavy atom. The summed E-state index contributed by atoms with van der Waals surface area (Å²) in [6.45, 7) is 10.8. The minimum absolute atomic E-state index is 0.784. The average molecular weight is 296 g/mol. The Hall–Kier alpha value is -0.120. The van der Waals surface area contributed by atoms with Gasteiger partial charge in [-0.05, 0) is 89.5 Å². The molecule has 3 nitrogen and oxygen atoms in total. The molecule has 2 aliphatic rings. The third-order valence-electron chi connectivity index (χ3n) is 5.96. The summed E-state index contributed by atoms with van der Waals surface area (Å²) in [5, 5.41) is 0. The molecule has 2 rings (SSSR count). The van der Waals surface area contributed by atoms with Gasteiger partial charge in [-0.25, -0.2) is 0 Å². The number of hydrogen-bond acceptors (Lipinski definition) is 3. The van der Waals surface area contributed by atoms with Gasteiger partial charge in [0.05, 0.1) is 0 Å². The first-order valence-corrected chi connectivity index (χ1v) is 9.24. The lowest BCUT2D eigenvalue weighted by molar-refractivity contribution is 0.0373. The van der Waals surface area contributed by atoms with Crippen LogP contribution in [0.25, 0.3) is 0 Å². The van der Waals surface area contributed by atoms with Crippen molar-refractivity contribution >= 4 is 0 Å². The van der Waals surface area contributed by atoms with Crippen molar-refractivity contribution in [1.29, 1.82) is 0 Å². The number of likely N-dealkylation sites (tertiary alicyclic amines) is 2. The molecule has 0 saturated carbocycles. The molecular formula is C18H37N3. The van der Waals surface area contributed by atoms with Gasteiger partial charge in [-0.1, -0.05) is 13.8 Å². The number of fused-ring (bicyclic) bond motifs is 1. The van der Waals surface area contributed by atoms with Crippen LogP contribution in [0.15, 0.2) is 0 Å². The van der Waals surface area contributed by atoms with E-state index in [-0.39, 0.29) is 0 Å². The van der Waals surface area contributed by atoms with Crippen LogP contribution in [-0.2, 0) is 0 Å². The molecule has 21 heavy (non-hydrogen) atoms. The van der Waals surface area contributed by atoms with E-state index in [0.717, 1.165) is 30.3 Å². The van der Waals surface area contributed by atoms with Gasteiger partial charge in [-0.2, -0.15) is 0 Å². The number of piperidine rings is 2. The van der Waals surface area contributed by atoms with Crippen molar-refractivity contribution in [2.24, 2.45) is 23.5 Å². The second kappa shape index (κ2) is 8.50. The molecule has 2 heterocycles. The van der Waals surface area contributed by atoms with Gasteiger partial charge >= 0.3 is 0 Å². The molecule has 2 aliphatic heterocycles. The molecule has 2 N–H and O–H groups in total. The van der Waals surface area contributed by atoms with E-state index in [4.69, 9.17) is 5.73 Å². The average Bonchev–Trinajstić information content (AvgIpc) is 2.46. The van der Waals surface area contributed by atoms with Crippen molar-refractivity contribution in [3.05, 3.63) is 0 Å². The van der Waals surface area contributed by atoms with Crippen LogP contribution in [0.1, 0.15) is 52.4 Å². The largest absolute Gasteiger partial charge is 0.330 e. The molecule has 0 aromatic heterocycles. The lowest BCUT2D eigenvalue weighted by Gasteiger charge is -2.46. The molecule has 0 amide bonds. The molecule has 3 atom stereocenters. The summed E-state index contributed by atoms with van der Waals surface area (Å²) in [7, 11) is 2.33. The van der Waals surface area contributed by atoms with Crippen molar-refractivity contribution in [2.45, 2.75) is 58.4 Å². The highest BCUT2D eigenvalue weighted by Crippen LogP contribution is 2.30. The third kappa shape index (κ3) is 4.94. The predicted octanol–water partition coefficient (Wildman–Crippen LogP) is 2.80. The molecule has 3 heteroatoms. The van der Waals surface area contributed by atoms with E-state index in [1.165, 1.54) is 64.7 Å². The molecule has 3 unspecified atom stereocenters. The smallest absolute Gasteiger partial charge is 0.0145 e. The SMILES string of the molecule is CC(C)C(CCN)CCCN1CCC2C(CCCN2C)C1. The van der Waals surface area contributed by atoms with Crippen molar-refractivity contribution in [1.82, 2.24) is 9.80 Å². The Bertz CT molecular complexity index is 292. The lowest BCUT2D eigenvalue weighted by Crippen LogP contribution is -2.52. The van der Waals surface area contributed by atoms with Gasteiger partial charge < -0.3 is 15.5 Å². The Morgan fingerprint density at radius 1 is 1.14 bits per heavy atom. The Morgan fingerprint density at radius 2 is 1.95 bits per heavy atom. The number of hydrogen-bond donors (Lipinski definition) is 1. The van der Waals surface area contributed by atoms with Crippen LogP contribution in [0.2, 0.25) is 0 Å². The number of nitrogens with two attached hydrogens (primary N) is 1. The molecule has 0 spiro atoms. The predicted molar refractivity (Wildman–Crippen MR) is 91.4 cm³/mol. The third-order valence-corrected chi connectivity index (χ3v) is 5.96. The second-order valence-corrected chi connectivity index (χ2v) is 7.76. The van der Waals surface area contributed by atoms with Gasteiger partial charge in [0.2, 0.25) is 0 Å². The molecular weight excluding hydrogens is 258 g/mol. The van der Waals surface area contributed by atoms with Crippen molar-refractivity contribution in [3.8, 4) is 0 Å². The van der Waals surface area contributed by atoms with E-state index < -0.39 is 0 Å². The topological polar surface area (TPSA) is 32.5 Å².